The summed E-state index contributed by atoms with van der Waals surface area (Å²) in [5.41, 5.74) is 5.50. The molecule has 0 spiro atoms. The van der Waals surface area contributed by atoms with Gasteiger partial charge in [0, 0.05) is 13.1 Å². The molecule has 13 heavy (non-hydrogen) atoms. The molecule has 3 heteroatoms. The minimum absolute atomic E-state index is 0.116. The SMILES string of the molecule is CC1CC(C)CN(C(C)C(=N)N)C1. The number of hydrogen-bond acceptors (Lipinski definition) is 2. The van der Waals surface area contributed by atoms with Gasteiger partial charge in [-0.2, -0.15) is 0 Å². The second-order valence-corrected chi connectivity index (χ2v) is 4.53. The minimum Gasteiger partial charge on any atom is -0.386 e. The maximum atomic E-state index is 7.40. The molecule has 76 valence electrons. The lowest BCUT2D eigenvalue weighted by Gasteiger charge is -2.38. The Hall–Kier alpha value is -0.570. The molecule has 0 aromatic heterocycles. The molecule has 3 unspecified atom stereocenters. The van der Waals surface area contributed by atoms with Crippen LogP contribution in [0.4, 0.5) is 0 Å². The Balaban J connectivity index is 2.54. The van der Waals surface area contributed by atoms with Crippen LogP contribution in [0.1, 0.15) is 27.2 Å². The number of nitrogens with zero attached hydrogens (tertiary/aromatic N) is 1. The molecule has 0 amide bonds. The summed E-state index contributed by atoms with van der Waals surface area (Å²) in [6.07, 6.45) is 1.31. The first-order chi connectivity index (χ1) is 6.00. The topological polar surface area (TPSA) is 53.1 Å². The Labute approximate surface area is 80.8 Å². The molecular formula is C10H21N3. The highest BCUT2D eigenvalue weighted by molar-refractivity contribution is 5.82. The molecule has 1 aliphatic rings. The maximum absolute atomic E-state index is 7.40. The first kappa shape index (κ1) is 10.5. The number of rotatable bonds is 2. The number of nitrogens with two attached hydrogens (primary N) is 1. The van der Waals surface area contributed by atoms with Crippen LogP contribution < -0.4 is 5.73 Å². The standard InChI is InChI=1S/C10H21N3/c1-7-4-8(2)6-13(5-7)9(3)10(11)12/h7-9H,4-6H2,1-3H3,(H3,11,12). The van der Waals surface area contributed by atoms with E-state index in [0.29, 0.717) is 5.84 Å². The second-order valence-electron chi connectivity index (χ2n) is 4.53. The lowest BCUT2D eigenvalue weighted by Crippen LogP contribution is -2.49. The molecule has 1 rings (SSSR count). The van der Waals surface area contributed by atoms with E-state index in [4.69, 9.17) is 11.1 Å². The van der Waals surface area contributed by atoms with Gasteiger partial charge < -0.3 is 5.73 Å². The van der Waals surface area contributed by atoms with Crippen LogP contribution in [0.15, 0.2) is 0 Å². The summed E-state index contributed by atoms with van der Waals surface area (Å²) < 4.78 is 0. The fourth-order valence-corrected chi connectivity index (χ4v) is 2.22. The van der Waals surface area contributed by atoms with Crippen LogP contribution in [-0.2, 0) is 0 Å². The highest BCUT2D eigenvalue weighted by Crippen LogP contribution is 2.22. The summed E-state index contributed by atoms with van der Waals surface area (Å²) in [5.74, 6) is 1.78. The third-order valence-electron chi connectivity index (χ3n) is 2.89. The highest BCUT2D eigenvalue weighted by atomic mass is 15.2. The molecule has 0 aliphatic carbocycles. The number of piperidine rings is 1. The lowest BCUT2D eigenvalue weighted by atomic mass is 9.91. The smallest absolute Gasteiger partial charge is 0.108 e. The Morgan fingerprint density at radius 2 is 1.85 bits per heavy atom. The summed E-state index contributed by atoms with van der Waals surface area (Å²) >= 11 is 0. The van der Waals surface area contributed by atoms with E-state index in [9.17, 15) is 0 Å². The van der Waals surface area contributed by atoms with Crippen molar-refractivity contribution in [1.82, 2.24) is 4.90 Å². The van der Waals surface area contributed by atoms with Crippen LogP contribution in [0.5, 0.6) is 0 Å². The predicted octanol–water partition coefficient (Wildman–Crippen LogP) is 1.29. The fraction of sp³-hybridized carbons (Fsp3) is 0.900. The number of nitrogens with one attached hydrogen (secondary N) is 1. The van der Waals surface area contributed by atoms with Crippen LogP contribution in [0.2, 0.25) is 0 Å². The van der Waals surface area contributed by atoms with Crippen LogP contribution in [0, 0.1) is 17.2 Å². The lowest BCUT2D eigenvalue weighted by molar-refractivity contribution is 0.127. The van der Waals surface area contributed by atoms with Crippen molar-refractivity contribution in [2.75, 3.05) is 13.1 Å². The van der Waals surface area contributed by atoms with Gasteiger partial charge in [0.1, 0.15) is 5.84 Å². The van der Waals surface area contributed by atoms with Crippen LogP contribution in [0.25, 0.3) is 0 Å². The molecule has 3 atom stereocenters. The number of amidine groups is 1. The van der Waals surface area contributed by atoms with Gasteiger partial charge in [0.05, 0.1) is 6.04 Å². The van der Waals surface area contributed by atoms with E-state index in [1.54, 1.807) is 0 Å². The van der Waals surface area contributed by atoms with Gasteiger partial charge in [-0.05, 0) is 25.2 Å². The average Bonchev–Trinajstić information content (AvgIpc) is 2.01. The first-order valence-electron chi connectivity index (χ1n) is 5.08. The van der Waals surface area contributed by atoms with Crippen molar-refractivity contribution in [3.63, 3.8) is 0 Å². The molecule has 1 heterocycles. The van der Waals surface area contributed by atoms with Crippen LogP contribution in [-0.4, -0.2) is 29.9 Å². The zero-order valence-corrected chi connectivity index (χ0v) is 8.88. The Bertz CT molecular complexity index is 181. The van der Waals surface area contributed by atoms with Gasteiger partial charge in [-0.1, -0.05) is 13.8 Å². The van der Waals surface area contributed by atoms with E-state index in [-0.39, 0.29) is 6.04 Å². The maximum Gasteiger partial charge on any atom is 0.108 e. The van der Waals surface area contributed by atoms with Gasteiger partial charge in [-0.25, -0.2) is 0 Å². The van der Waals surface area contributed by atoms with Crippen molar-refractivity contribution in [3.8, 4) is 0 Å². The van der Waals surface area contributed by atoms with E-state index in [1.807, 2.05) is 6.92 Å². The number of hydrogen-bond donors (Lipinski definition) is 2. The molecule has 1 saturated heterocycles. The van der Waals surface area contributed by atoms with Crippen molar-refractivity contribution in [2.45, 2.75) is 33.2 Å². The van der Waals surface area contributed by atoms with Crippen LogP contribution >= 0.6 is 0 Å². The van der Waals surface area contributed by atoms with E-state index in [0.717, 1.165) is 24.9 Å². The van der Waals surface area contributed by atoms with Gasteiger partial charge in [-0.3, -0.25) is 10.3 Å². The minimum atomic E-state index is 0.116. The van der Waals surface area contributed by atoms with Gasteiger partial charge in [0.25, 0.3) is 0 Å². The summed E-state index contributed by atoms with van der Waals surface area (Å²) in [6.45, 7) is 8.74. The summed E-state index contributed by atoms with van der Waals surface area (Å²) in [5, 5.41) is 7.40. The highest BCUT2D eigenvalue weighted by Gasteiger charge is 2.26. The fourth-order valence-electron chi connectivity index (χ4n) is 2.22. The molecule has 0 radical (unpaired) electrons. The normalized spacial score (nSPS) is 32.8. The third-order valence-corrected chi connectivity index (χ3v) is 2.89. The third kappa shape index (κ3) is 2.69. The average molecular weight is 183 g/mol. The molecular weight excluding hydrogens is 162 g/mol. The van der Waals surface area contributed by atoms with E-state index in [2.05, 4.69) is 18.7 Å². The molecule has 3 nitrogen and oxygen atoms in total. The van der Waals surface area contributed by atoms with Crippen LogP contribution in [0.3, 0.4) is 0 Å². The zero-order chi connectivity index (χ0) is 10.0. The van der Waals surface area contributed by atoms with Crippen molar-refractivity contribution < 1.29 is 0 Å². The van der Waals surface area contributed by atoms with E-state index >= 15 is 0 Å². The zero-order valence-electron chi connectivity index (χ0n) is 8.88. The number of likely N-dealkylation sites (tertiary alicyclic amines) is 1. The Kier molecular flexibility index (Phi) is 3.31. The second kappa shape index (κ2) is 4.09. The van der Waals surface area contributed by atoms with Gasteiger partial charge >= 0.3 is 0 Å². The Morgan fingerprint density at radius 1 is 1.38 bits per heavy atom. The molecule has 1 fully saturated rings. The summed E-state index contributed by atoms with van der Waals surface area (Å²) in [7, 11) is 0. The van der Waals surface area contributed by atoms with Crippen molar-refractivity contribution >= 4 is 5.84 Å². The summed E-state index contributed by atoms with van der Waals surface area (Å²) in [4.78, 5) is 2.32. The largest absolute Gasteiger partial charge is 0.386 e. The first-order valence-corrected chi connectivity index (χ1v) is 5.08. The van der Waals surface area contributed by atoms with E-state index in [1.165, 1.54) is 6.42 Å². The van der Waals surface area contributed by atoms with Crippen molar-refractivity contribution in [3.05, 3.63) is 0 Å². The Morgan fingerprint density at radius 3 is 2.23 bits per heavy atom. The molecule has 1 aliphatic heterocycles. The molecule has 0 saturated carbocycles. The van der Waals surface area contributed by atoms with Crippen molar-refractivity contribution in [1.29, 1.82) is 5.41 Å². The monoisotopic (exact) mass is 183 g/mol. The molecule has 0 aromatic carbocycles. The van der Waals surface area contributed by atoms with Gasteiger partial charge in [0.15, 0.2) is 0 Å². The van der Waals surface area contributed by atoms with Gasteiger partial charge in [0.2, 0.25) is 0 Å². The van der Waals surface area contributed by atoms with Gasteiger partial charge in [-0.15, -0.1) is 0 Å². The molecule has 0 aromatic rings. The quantitative estimate of drug-likeness (QED) is 0.500. The summed E-state index contributed by atoms with van der Waals surface area (Å²) in [6, 6.07) is 0.116. The predicted molar refractivity (Wildman–Crippen MR) is 55.9 cm³/mol. The molecule has 3 N–H and O–H groups in total. The van der Waals surface area contributed by atoms with E-state index < -0.39 is 0 Å². The molecule has 0 bridgehead atoms. The van der Waals surface area contributed by atoms with Crippen molar-refractivity contribution in [2.24, 2.45) is 17.6 Å².